The number of amides is 1. The summed E-state index contributed by atoms with van der Waals surface area (Å²) in [7, 11) is 0. The molecule has 0 spiro atoms. The maximum atomic E-state index is 11.7. The molecule has 1 aromatic heterocycles. The van der Waals surface area contributed by atoms with Crippen molar-refractivity contribution in [2.75, 3.05) is 26.2 Å². The molecule has 0 saturated carbocycles. The summed E-state index contributed by atoms with van der Waals surface area (Å²) in [5.74, 6) is 0.910. The summed E-state index contributed by atoms with van der Waals surface area (Å²) in [5.41, 5.74) is 2.75. The standard InChI is InChI=1S/C21H27N3O2S/c1-3-23-10-8-15(9-11-23)20-22-17-12-16(5-7-19(17)27-20)18-6-4-14(2)13-24(18)21(25)26/h5-7,12,14-15H,3-4,8-11,13H2,1-2H3,(H,25,26)/t14-/m0/s1. The van der Waals surface area contributed by atoms with E-state index in [1.807, 2.05) is 6.07 Å². The SMILES string of the molecule is CCN1CCC(c2nc3cc(C4=CC[C@H](C)CN4C(=O)O)ccc3s2)CC1. The number of carbonyl (C=O) groups is 1. The topological polar surface area (TPSA) is 56.7 Å². The van der Waals surface area contributed by atoms with Crippen LogP contribution in [0.3, 0.4) is 0 Å². The summed E-state index contributed by atoms with van der Waals surface area (Å²) in [5, 5.41) is 10.8. The predicted molar refractivity (Wildman–Crippen MR) is 110 cm³/mol. The lowest BCUT2D eigenvalue weighted by atomic mass is 9.97. The van der Waals surface area contributed by atoms with Crippen molar-refractivity contribution in [3.8, 4) is 0 Å². The smallest absolute Gasteiger partial charge is 0.411 e. The molecule has 2 aliphatic rings. The first kappa shape index (κ1) is 18.4. The van der Waals surface area contributed by atoms with Gasteiger partial charge in [-0.1, -0.05) is 26.0 Å². The Kier molecular flexibility index (Phi) is 5.19. The number of allylic oxidation sites excluding steroid dienone is 1. The molecular weight excluding hydrogens is 358 g/mol. The molecular formula is C21H27N3O2S. The molecule has 6 heteroatoms. The highest BCUT2D eigenvalue weighted by molar-refractivity contribution is 7.18. The molecule has 2 aliphatic heterocycles. The van der Waals surface area contributed by atoms with Crippen molar-refractivity contribution in [3.05, 3.63) is 34.8 Å². The predicted octanol–water partition coefficient (Wildman–Crippen LogP) is 4.86. The molecule has 0 aliphatic carbocycles. The summed E-state index contributed by atoms with van der Waals surface area (Å²) in [4.78, 5) is 20.6. The van der Waals surface area contributed by atoms with Gasteiger partial charge >= 0.3 is 6.09 Å². The van der Waals surface area contributed by atoms with Crippen LogP contribution in [0.5, 0.6) is 0 Å². The van der Waals surface area contributed by atoms with E-state index in [4.69, 9.17) is 4.98 Å². The van der Waals surface area contributed by atoms with Crippen LogP contribution in [0.2, 0.25) is 0 Å². The highest BCUT2D eigenvalue weighted by Gasteiger charge is 2.26. The zero-order chi connectivity index (χ0) is 19.0. The van der Waals surface area contributed by atoms with Gasteiger partial charge in [0.05, 0.1) is 20.9 Å². The summed E-state index contributed by atoms with van der Waals surface area (Å²) in [6.07, 6.45) is 4.44. The van der Waals surface area contributed by atoms with Gasteiger partial charge < -0.3 is 10.0 Å². The molecule has 3 heterocycles. The van der Waals surface area contributed by atoms with Crippen LogP contribution in [0.4, 0.5) is 4.79 Å². The largest absolute Gasteiger partial charge is 0.465 e. The molecule has 1 aromatic carbocycles. The van der Waals surface area contributed by atoms with Gasteiger partial charge in [0.25, 0.3) is 0 Å². The second kappa shape index (κ2) is 7.60. The lowest BCUT2D eigenvalue weighted by Crippen LogP contribution is -2.34. The van der Waals surface area contributed by atoms with Crippen molar-refractivity contribution < 1.29 is 9.90 Å². The lowest BCUT2D eigenvalue weighted by molar-refractivity contribution is 0.159. The minimum absolute atomic E-state index is 0.355. The lowest BCUT2D eigenvalue weighted by Gasteiger charge is -2.30. The second-order valence-electron chi connectivity index (χ2n) is 7.77. The van der Waals surface area contributed by atoms with Gasteiger partial charge in [0, 0.05) is 18.0 Å². The summed E-state index contributed by atoms with van der Waals surface area (Å²) in [6.45, 7) is 8.30. The van der Waals surface area contributed by atoms with Crippen LogP contribution < -0.4 is 0 Å². The van der Waals surface area contributed by atoms with Crippen molar-refractivity contribution in [3.63, 3.8) is 0 Å². The first-order valence-electron chi connectivity index (χ1n) is 9.89. The number of thiazole rings is 1. The Hall–Kier alpha value is -1.92. The molecule has 1 N–H and O–H groups in total. The van der Waals surface area contributed by atoms with E-state index in [0.717, 1.165) is 42.8 Å². The fourth-order valence-electron chi connectivity index (χ4n) is 4.14. The van der Waals surface area contributed by atoms with Crippen molar-refractivity contribution in [1.82, 2.24) is 14.8 Å². The number of rotatable bonds is 3. The van der Waals surface area contributed by atoms with Gasteiger partial charge in [-0.15, -0.1) is 11.3 Å². The minimum atomic E-state index is -0.880. The van der Waals surface area contributed by atoms with Crippen LogP contribution in [-0.2, 0) is 0 Å². The van der Waals surface area contributed by atoms with Crippen LogP contribution in [0.15, 0.2) is 24.3 Å². The molecule has 1 saturated heterocycles. The molecule has 0 unspecified atom stereocenters. The number of fused-ring (bicyclic) bond motifs is 1. The summed E-state index contributed by atoms with van der Waals surface area (Å²) >= 11 is 1.80. The molecule has 5 nitrogen and oxygen atoms in total. The Labute approximate surface area is 164 Å². The molecule has 4 rings (SSSR count). The first-order chi connectivity index (χ1) is 13.0. The Balaban J connectivity index is 1.60. The van der Waals surface area contributed by atoms with Gasteiger partial charge in [-0.3, -0.25) is 4.90 Å². The normalized spacial score (nSPS) is 22.2. The second-order valence-corrected chi connectivity index (χ2v) is 8.83. The fourth-order valence-corrected chi connectivity index (χ4v) is 5.25. The molecule has 27 heavy (non-hydrogen) atoms. The third kappa shape index (κ3) is 3.73. The third-order valence-corrected chi connectivity index (χ3v) is 7.01. The average molecular weight is 386 g/mol. The molecule has 0 radical (unpaired) electrons. The molecule has 1 atom stereocenters. The van der Waals surface area contributed by atoms with Crippen LogP contribution in [0.1, 0.15) is 49.6 Å². The van der Waals surface area contributed by atoms with E-state index in [-0.39, 0.29) is 0 Å². The van der Waals surface area contributed by atoms with Crippen LogP contribution >= 0.6 is 11.3 Å². The number of hydrogen-bond acceptors (Lipinski definition) is 4. The van der Waals surface area contributed by atoms with E-state index < -0.39 is 6.09 Å². The van der Waals surface area contributed by atoms with Gasteiger partial charge in [-0.2, -0.15) is 0 Å². The number of benzene rings is 1. The van der Waals surface area contributed by atoms with E-state index in [1.165, 1.54) is 27.4 Å². The van der Waals surface area contributed by atoms with Gasteiger partial charge in [0.1, 0.15) is 0 Å². The van der Waals surface area contributed by atoms with E-state index in [1.54, 1.807) is 11.3 Å². The highest BCUT2D eigenvalue weighted by atomic mass is 32.1. The van der Waals surface area contributed by atoms with Crippen molar-refractivity contribution in [1.29, 1.82) is 0 Å². The Morgan fingerprint density at radius 3 is 2.81 bits per heavy atom. The summed E-state index contributed by atoms with van der Waals surface area (Å²) in [6, 6.07) is 6.21. The number of carboxylic acid groups (broad SMARTS) is 1. The average Bonchev–Trinajstić information content (AvgIpc) is 3.11. The van der Waals surface area contributed by atoms with Gasteiger partial charge in [0.15, 0.2) is 0 Å². The maximum absolute atomic E-state index is 11.7. The van der Waals surface area contributed by atoms with Crippen molar-refractivity contribution in [2.24, 2.45) is 5.92 Å². The van der Waals surface area contributed by atoms with Crippen molar-refractivity contribution >= 4 is 33.3 Å². The number of piperidine rings is 1. The van der Waals surface area contributed by atoms with Gasteiger partial charge in [-0.05, 0) is 56.9 Å². The van der Waals surface area contributed by atoms with Gasteiger partial charge in [-0.25, -0.2) is 9.78 Å². The Bertz CT molecular complexity index is 867. The number of aromatic nitrogens is 1. The first-order valence-corrected chi connectivity index (χ1v) is 10.7. The van der Waals surface area contributed by atoms with Crippen LogP contribution in [-0.4, -0.2) is 52.2 Å². The Morgan fingerprint density at radius 2 is 2.11 bits per heavy atom. The van der Waals surface area contributed by atoms with E-state index in [0.29, 0.717) is 18.4 Å². The molecule has 1 fully saturated rings. The summed E-state index contributed by atoms with van der Waals surface area (Å²) < 4.78 is 1.19. The highest BCUT2D eigenvalue weighted by Crippen LogP contribution is 2.36. The third-order valence-electron chi connectivity index (χ3n) is 5.81. The zero-order valence-electron chi connectivity index (χ0n) is 16.0. The molecule has 2 aromatic rings. The number of likely N-dealkylation sites (tertiary alicyclic amines) is 1. The fraction of sp³-hybridized carbons (Fsp3) is 0.524. The molecule has 0 bridgehead atoms. The van der Waals surface area contributed by atoms with E-state index in [9.17, 15) is 9.90 Å². The maximum Gasteiger partial charge on any atom is 0.411 e. The molecule has 144 valence electrons. The minimum Gasteiger partial charge on any atom is -0.465 e. The quantitative estimate of drug-likeness (QED) is 0.820. The molecule has 1 amide bonds. The van der Waals surface area contributed by atoms with Crippen LogP contribution in [0.25, 0.3) is 15.9 Å². The monoisotopic (exact) mass is 385 g/mol. The number of nitrogens with zero attached hydrogens (tertiary/aromatic N) is 3. The van der Waals surface area contributed by atoms with E-state index >= 15 is 0 Å². The van der Waals surface area contributed by atoms with Crippen LogP contribution in [0, 0.1) is 5.92 Å². The van der Waals surface area contributed by atoms with Gasteiger partial charge in [0.2, 0.25) is 0 Å². The number of hydrogen-bond donors (Lipinski definition) is 1. The van der Waals surface area contributed by atoms with Crippen molar-refractivity contribution in [2.45, 2.75) is 39.0 Å². The van der Waals surface area contributed by atoms with E-state index in [2.05, 4.69) is 37.0 Å². The zero-order valence-corrected chi connectivity index (χ0v) is 16.8. The Morgan fingerprint density at radius 1 is 1.33 bits per heavy atom.